The van der Waals surface area contributed by atoms with Crippen LogP contribution in [0.5, 0.6) is 11.5 Å². The molecule has 0 bridgehead atoms. The molecule has 0 spiro atoms. The van der Waals surface area contributed by atoms with Crippen LogP contribution in [0.1, 0.15) is 27.0 Å². The van der Waals surface area contributed by atoms with Crippen molar-refractivity contribution in [2.24, 2.45) is 0 Å². The van der Waals surface area contributed by atoms with E-state index in [1.54, 1.807) is 50.1 Å². The standard InChI is InChI=1S/C30H26FNO3S2/c1-34-26-11-3-21(4-12-26)19-36-30(37-20-22-5-13-27(35-2)14-6-22)28(23-15-17-32-18-16-23)29(33)24-7-9-25(31)10-8-24/h3-18H,19-20H2,1-2H3. The summed E-state index contributed by atoms with van der Waals surface area (Å²) >= 11 is 3.21. The Labute approximate surface area is 224 Å². The fraction of sp³-hybridized carbons (Fsp3) is 0.133. The summed E-state index contributed by atoms with van der Waals surface area (Å²) in [5.74, 6) is 2.38. The van der Waals surface area contributed by atoms with Gasteiger partial charge in [-0.1, -0.05) is 24.3 Å². The first-order chi connectivity index (χ1) is 18.1. The SMILES string of the molecule is COc1ccc(CSC(SCc2ccc(OC)cc2)=C(C(=O)c2ccc(F)cc2)c2ccncc2)cc1. The Morgan fingerprint density at radius 3 is 1.65 bits per heavy atom. The second kappa shape index (κ2) is 13.1. The molecule has 0 aliphatic carbocycles. The highest BCUT2D eigenvalue weighted by atomic mass is 32.2. The van der Waals surface area contributed by atoms with Crippen molar-refractivity contribution in [2.45, 2.75) is 11.5 Å². The second-order valence-electron chi connectivity index (χ2n) is 8.01. The summed E-state index contributed by atoms with van der Waals surface area (Å²) in [7, 11) is 3.28. The van der Waals surface area contributed by atoms with E-state index >= 15 is 0 Å². The molecule has 0 fully saturated rings. The Kier molecular flexibility index (Phi) is 9.40. The molecule has 0 aliphatic rings. The Bertz CT molecular complexity index is 1290. The Balaban J connectivity index is 1.72. The number of ketones is 1. The third kappa shape index (κ3) is 7.24. The van der Waals surface area contributed by atoms with Gasteiger partial charge in [0.05, 0.1) is 18.5 Å². The molecule has 0 saturated heterocycles. The summed E-state index contributed by atoms with van der Waals surface area (Å²) in [6, 6.07) is 25.1. The molecule has 4 nitrogen and oxygen atoms in total. The number of aromatic nitrogens is 1. The summed E-state index contributed by atoms with van der Waals surface area (Å²) in [5.41, 5.74) is 3.99. The predicted octanol–water partition coefficient (Wildman–Crippen LogP) is 7.66. The lowest BCUT2D eigenvalue weighted by molar-refractivity contribution is 0.105. The average Bonchev–Trinajstić information content (AvgIpc) is 2.95. The fourth-order valence-electron chi connectivity index (χ4n) is 3.53. The van der Waals surface area contributed by atoms with Crippen LogP contribution >= 0.6 is 23.5 Å². The van der Waals surface area contributed by atoms with Crippen molar-refractivity contribution in [1.29, 1.82) is 0 Å². The number of methoxy groups -OCH3 is 2. The number of carbonyl (C=O) groups is 1. The van der Waals surface area contributed by atoms with Gasteiger partial charge < -0.3 is 9.47 Å². The third-order valence-corrected chi connectivity index (χ3v) is 8.16. The normalized spacial score (nSPS) is 10.6. The molecule has 0 aliphatic heterocycles. The second-order valence-corrected chi connectivity index (χ2v) is 10.2. The van der Waals surface area contributed by atoms with Crippen LogP contribution in [0.4, 0.5) is 4.39 Å². The molecule has 0 saturated carbocycles. The molecular weight excluding hydrogens is 505 g/mol. The van der Waals surface area contributed by atoms with Crippen molar-refractivity contribution in [1.82, 2.24) is 4.98 Å². The van der Waals surface area contributed by atoms with E-state index < -0.39 is 0 Å². The number of nitrogens with zero attached hydrogens (tertiary/aromatic N) is 1. The Hall–Kier alpha value is -3.55. The average molecular weight is 532 g/mol. The molecule has 4 aromatic rings. The highest BCUT2D eigenvalue weighted by Gasteiger charge is 2.21. The maximum atomic E-state index is 13.8. The molecule has 37 heavy (non-hydrogen) atoms. The van der Waals surface area contributed by atoms with Gasteiger partial charge in [0, 0.05) is 35.0 Å². The lowest BCUT2D eigenvalue weighted by Crippen LogP contribution is -2.05. The highest BCUT2D eigenvalue weighted by Crippen LogP contribution is 2.41. The van der Waals surface area contributed by atoms with E-state index in [4.69, 9.17) is 9.47 Å². The van der Waals surface area contributed by atoms with Crippen LogP contribution in [0, 0.1) is 5.82 Å². The van der Waals surface area contributed by atoms with E-state index in [1.807, 2.05) is 60.7 Å². The maximum Gasteiger partial charge on any atom is 0.195 e. The van der Waals surface area contributed by atoms with Crippen molar-refractivity contribution >= 4 is 34.9 Å². The number of halogens is 1. The molecule has 3 aromatic carbocycles. The van der Waals surface area contributed by atoms with Crippen molar-refractivity contribution in [3.8, 4) is 11.5 Å². The van der Waals surface area contributed by atoms with Crippen LogP contribution in [0.3, 0.4) is 0 Å². The summed E-state index contributed by atoms with van der Waals surface area (Å²) in [5, 5.41) is 0. The van der Waals surface area contributed by atoms with Crippen LogP contribution in [0.2, 0.25) is 0 Å². The number of pyridine rings is 1. The summed E-state index contributed by atoms with van der Waals surface area (Å²) in [4.78, 5) is 18.0. The van der Waals surface area contributed by atoms with Gasteiger partial charge in [-0.3, -0.25) is 9.78 Å². The molecule has 0 unspecified atom stereocenters. The van der Waals surface area contributed by atoms with Gasteiger partial charge in [-0.2, -0.15) is 0 Å². The van der Waals surface area contributed by atoms with E-state index in [9.17, 15) is 9.18 Å². The van der Waals surface area contributed by atoms with E-state index in [-0.39, 0.29) is 11.6 Å². The lowest BCUT2D eigenvalue weighted by Gasteiger charge is -2.15. The predicted molar refractivity (Wildman–Crippen MR) is 150 cm³/mol. The number of hydrogen-bond acceptors (Lipinski definition) is 6. The van der Waals surface area contributed by atoms with Gasteiger partial charge in [0.1, 0.15) is 17.3 Å². The number of carbonyl (C=O) groups excluding carboxylic acids is 1. The van der Waals surface area contributed by atoms with Crippen LogP contribution < -0.4 is 9.47 Å². The number of thioether (sulfide) groups is 2. The summed E-state index contributed by atoms with van der Waals surface area (Å²) < 4.78 is 25.0. The molecule has 0 amide bonds. The smallest absolute Gasteiger partial charge is 0.195 e. The van der Waals surface area contributed by atoms with Crippen LogP contribution in [0.15, 0.2) is 102 Å². The first kappa shape index (κ1) is 26.5. The molecular formula is C30H26FNO3S2. The first-order valence-corrected chi connectivity index (χ1v) is 13.5. The minimum atomic E-state index is -0.381. The van der Waals surface area contributed by atoms with Crippen LogP contribution in [0.25, 0.3) is 5.57 Å². The van der Waals surface area contributed by atoms with E-state index in [0.717, 1.165) is 32.4 Å². The minimum Gasteiger partial charge on any atom is -0.497 e. The topological polar surface area (TPSA) is 48.4 Å². The van der Waals surface area contributed by atoms with Gasteiger partial charge in [-0.05, 0) is 77.4 Å². The molecule has 0 radical (unpaired) electrons. The number of ether oxygens (including phenoxy) is 2. The monoisotopic (exact) mass is 531 g/mol. The molecule has 188 valence electrons. The molecule has 0 N–H and O–H groups in total. The largest absolute Gasteiger partial charge is 0.497 e. The maximum absolute atomic E-state index is 13.8. The minimum absolute atomic E-state index is 0.161. The van der Waals surface area contributed by atoms with Crippen molar-refractivity contribution in [2.75, 3.05) is 14.2 Å². The number of hydrogen-bond donors (Lipinski definition) is 0. The van der Waals surface area contributed by atoms with Gasteiger partial charge >= 0.3 is 0 Å². The lowest BCUT2D eigenvalue weighted by atomic mass is 9.99. The molecule has 0 atom stereocenters. The van der Waals surface area contributed by atoms with Gasteiger partial charge in [0.25, 0.3) is 0 Å². The van der Waals surface area contributed by atoms with Gasteiger partial charge in [-0.25, -0.2) is 4.39 Å². The Morgan fingerprint density at radius 2 is 1.19 bits per heavy atom. The zero-order valence-corrected chi connectivity index (χ0v) is 22.2. The zero-order chi connectivity index (χ0) is 26.0. The first-order valence-electron chi connectivity index (χ1n) is 11.5. The van der Waals surface area contributed by atoms with Gasteiger partial charge in [0.2, 0.25) is 0 Å². The quantitative estimate of drug-likeness (QED) is 0.146. The van der Waals surface area contributed by atoms with Gasteiger partial charge in [0.15, 0.2) is 5.78 Å². The van der Waals surface area contributed by atoms with Crippen molar-refractivity contribution in [3.05, 3.63) is 130 Å². The van der Waals surface area contributed by atoms with E-state index in [0.29, 0.717) is 22.6 Å². The number of Topliss-reactive ketones (excluding diaryl/α,β-unsaturated/α-hetero) is 1. The fourth-order valence-corrected chi connectivity index (χ4v) is 5.91. The molecule has 1 heterocycles. The zero-order valence-electron chi connectivity index (χ0n) is 20.5. The van der Waals surface area contributed by atoms with Crippen molar-refractivity contribution in [3.63, 3.8) is 0 Å². The Morgan fingerprint density at radius 1 is 0.703 bits per heavy atom. The van der Waals surface area contributed by atoms with Crippen LogP contribution in [-0.2, 0) is 11.5 Å². The molecule has 1 aromatic heterocycles. The third-order valence-electron chi connectivity index (χ3n) is 5.56. The number of benzene rings is 3. The van der Waals surface area contributed by atoms with Crippen molar-refractivity contribution < 1.29 is 18.7 Å². The van der Waals surface area contributed by atoms with Gasteiger partial charge in [-0.15, -0.1) is 23.5 Å². The van der Waals surface area contributed by atoms with E-state index in [2.05, 4.69) is 4.98 Å². The summed E-state index contributed by atoms with van der Waals surface area (Å²) in [6.45, 7) is 0. The summed E-state index contributed by atoms with van der Waals surface area (Å²) in [6.07, 6.45) is 3.35. The van der Waals surface area contributed by atoms with Crippen LogP contribution in [-0.4, -0.2) is 25.0 Å². The van der Waals surface area contributed by atoms with E-state index in [1.165, 1.54) is 24.3 Å². The molecule has 4 rings (SSSR count). The number of allylic oxidation sites excluding steroid dienone is 1. The number of rotatable bonds is 11. The molecule has 7 heteroatoms. The highest BCUT2D eigenvalue weighted by molar-refractivity contribution is 8.21.